The maximum atomic E-state index is 11.2. The van der Waals surface area contributed by atoms with E-state index in [0.29, 0.717) is 5.75 Å². The van der Waals surface area contributed by atoms with Crippen LogP contribution in [0.3, 0.4) is 0 Å². The van der Waals surface area contributed by atoms with E-state index in [1.165, 1.54) is 13.3 Å². The van der Waals surface area contributed by atoms with Gasteiger partial charge in [0.2, 0.25) is 5.91 Å². The van der Waals surface area contributed by atoms with Crippen molar-refractivity contribution in [2.45, 2.75) is 13.8 Å². The van der Waals surface area contributed by atoms with E-state index in [0.717, 1.165) is 26.9 Å². The molecule has 0 unspecified atom stereocenters. The predicted octanol–water partition coefficient (Wildman–Crippen LogP) is 2.83. The number of amides is 1. The Morgan fingerprint density at radius 3 is 2.79 bits per heavy atom. The number of hydroxylamine groups is 1. The molecule has 2 aromatic carbocycles. The molecule has 1 aromatic heterocycles. The normalized spacial score (nSPS) is 10.5. The van der Waals surface area contributed by atoms with E-state index < -0.39 is 0 Å². The van der Waals surface area contributed by atoms with Gasteiger partial charge in [-0.05, 0) is 46.7 Å². The van der Waals surface area contributed by atoms with Crippen LogP contribution in [0.5, 0.6) is 5.75 Å². The second-order valence-electron chi connectivity index (χ2n) is 5.13. The number of hydrogen-bond acceptors (Lipinski definition) is 5. The summed E-state index contributed by atoms with van der Waals surface area (Å²) in [6.45, 7) is 3.39. The molecule has 122 valence electrons. The Kier molecular flexibility index (Phi) is 4.57. The number of aryl methyl sites for hydroxylation is 1. The van der Waals surface area contributed by atoms with E-state index in [-0.39, 0.29) is 5.91 Å². The fraction of sp³-hybridized carbons (Fsp3) is 0.125. The molecular weight excluding hydrogens is 374 g/mol. The van der Waals surface area contributed by atoms with Gasteiger partial charge in [-0.1, -0.05) is 34.1 Å². The number of hydrogen-bond donors (Lipinski definition) is 1. The summed E-state index contributed by atoms with van der Waals surface area (Å²) in [4.78, 5) is 16.7. The van der Waals surface area contributed by atoms with Crippen molar-refractivity contribution >= 4 is 21.8 Å². The van der Waals surface area contributed by atoms with Crippen molar-refractivity contribution in [2.24, 2.45) is 0 Å². The lowest BCUT2D eigenvalue weighted by molar-refractivity contribution is -0.125. The third-order valence-corrected chi connectivity index (χ3v) is 4.24. The van der Waals surface area contributed by atoms with Crippen LogP contribution < -0.4 is 10.3 Å². The molecule has 1 heterocycles. The standard InChI is InChI=1S/C16H14BrN5O2/c1-10-8-12(6-7-13(10)17)16-14(22-9-18-20-21-22)4-3-5-15(16)24-19-11(2)23/h3-9H,1-2H3,(H,19,23). The van der Waals surface area contributed by atoms with Gasteiger partial charge < -0.3 is 4.84 Å². The van der Waals surface area contributed by atoms with E-state index in [9.17, 15) is 4.79 Å². The molecule has 0 atom stereocenters. The lowest BCUT2D eigenvalue weighted by atomic mass is 10.0. The average molecular weight is 388 g/mol. The van der Waals surface area contributed by atoms with Gasteiger partial charge in [0, 0.05) is 11.4 Å². The molecule has 7 nitrogen and oxygen atoms in total. The lowest BCUT2D eigenvalue weighted by Gasteiger charge is -2.15. The highest BCUT2D eigenvalue weighted by atomic mass is 79.9. The van der Waals surface area contributed by atoms with Crippen LogP contribution in [-0.2, 0) is 4.79 Å². The second-order valence-corrected chi connectivity index (χ2v) is 5.98. The highest BCUT2D eigenvalue weighted by molar-refractivity contribution is 9.10. The van der Waals surface area contributed by atoms with Crippen LogP contribution in [0.4, 0.5) is 0 Å². The molecule has 24 heavy (non-hydrogen) atoms. The number of carbonyl (C=O) groups is 1. The van der Waals surface area contributed by atoms with Crippen molar-refractivity contribution < 1.29 is 9.63 Å². The van der Waals surface area contributed by atoms with Crippen molar-refractivity contribution in [1.29, 1.82) is 0 Å². The molecule has 3 aromatic rings. The molecule has 1 N–H and O–H groups in total. The van der Waals surface area contributed by atoms with Crippen molar-refractivity contribution in [1.82, 2.24) is 25.7 Å². The van der Waals surface area contributed by atoms with Gasteiger partial charge in [0.05, 0.1) is 11.3 Å². The Labute approximate surface area is 146 Å². The van der Waals surface area contributed by atoms with Gasteiger partial charge in [0.25, 0.3) is 0 Å². The molecule has 0 saturated heterocycles. The SMILES string of the molecule is CC(=O)NOc1cccc(-n2cnnn2)c1-c1ccc(Br)c(C)c1. The molecule has 0 radical (unpaired) electrons. The summed E-state index contributed by atoms with van der Waals surface area (Å²) in [5, 5.41) is 11.3. The summed E-state index contributed by atoms with van der Waals surface area (Å²) in [5.74, 6) is 0.209. The number of aromatic nitrogens is 4. The Balaban J connectivity index is 2.18. The zero-order valence-electron chi connectivity index (χ0n) is 13.0. The number of benzene rings is 2. The molecule has 0 spiro atoms. The minimum absolute atomic E-state index is 0.291. The maximum Gasteiger partial charge on any atom is 0.249 e. The number of carbonyl (C=O) groups excluding carboxylic acids is 1. The van der Waals surface area contributed by atoms with Crippen LogP contribution in [0.15, 0.2) is 47.2 Å². The summed E-state index contributed by atoms with van der Waals surface area (Å²) in [6, 6.07) is 11.4. The van der Waals surface area contributed by atoms with E-state index in [1.54, 1.807) is 10.7 Å². The third-order valence-electron chi connectivity index (χ3n) is 3.35. The van der Waals surface area contributed by atoms with Crippen LogP contribution in [0, 0.1) is 6.92 Å². The maximum absolute atomic E-state index is 11.2. The molecule has 0 aliphatic carbocycles. The predicted molar refractivity (Wildman–Crippen MR) is 91.5 cm³/mol. The second kappa shape index (κ2) is 6.79. The first-order valence-electron chi connectivity index (χ1n) is 7.12. The highest BCUT2D eigenvalue weighted by Crippen LogP contribution is 2.36. The highest BCUT2D eigenvalue weighted by Gasteiger charge is 2.16. The molecule has 0 bridgehead atoms. The van der Waals surface area contributed by atoms with Gasteiger partial charge >= 0.3 is 0 Å². The summed E-state index contributed by atoms with van der Waals surface area (Å²) < 4.78 is 2.56. The zero-order valence-corrected chi connectivity index (χ0v) is 14.6. The van der Waals surface area contributed by atoms with Crippen molar-refractivity contribution in [3.63, 3.8) is 0 Å². The van der Waals surface area contributed by atoms with E-state index in [2.05, 4.69) is 36.9 Å². The van der Waals surface area contributed by atoms with Gasteiger partial charge in [-0.2, -0.15) is 10.2 Å². The number of rotatable bonds is 4. The van der Waals surface area contributed by atoms with E-state index in [1.807, 2.05) is 37.3 Å². The Hall–Kier alpha value is -2.74. The van der Waals surface area contributed by atoms with Crippen LogP contribution in [-0.4, -0.2) is 26.1 Å². The fourth-order valence-electron chi connectivity index (χ4n) is 2.28. The molecule has 0 aliphatic rings. The number of nitrogens with one attached hydrogen (secondary N) is 1. The van der Waals surface area contributed by atoms with Crippen LogP contribution in [0.1, 0.15) is 12.5 Å². The topological polar surface area (TPSA) is 81.9 Å². The van der Waals surface area contributed by atoms with Crippen molar-refractivity contribution in [2.75, 3.05) is 0 Å². The first-order chi connectivity index (χ1) is 11.6. The molecule has 0 aliphatic heterocycles. The molecular formula is C16H14BrN5O2. The summed E-state index contributed by atoms with van der Waals surface area (Å²) in [7, 11) is 0. The third kappa shape index (κ3) is 3.28. The molecule has 8 heteroatoms. The quantitative estimate of drug-likeness (QED) is 0.696. The van der Waals surface area contributed by atoms with E-state index in [4.69, 9.17) is 4.84 Å². The number of tetrazole rings is 1. The van der Waals surface area contributed by atoms with Crippen molar-refractivity contribution in [3.05, 3.63) is 52.8 Å². The van der Waals surface area contributed by atoms with Gasteiger partial charge in [-0.3, -0.25) is 4.79 Å². The number of halogens is 1. The van der Waals surface area contributed by atoms with Crippen LogP contribution in [0.2, 0.25) is 0 Å². The zero-order chi connectivity index (χ0) is 17.1. The molecule has 3 rings (SSSR count). The number of nitrogens with zero attached hydrogens (tertiary/aromatic N) is 4. The summed E-state index contributed by atoms with van der Waals surface area (Å²) in [5.41, 5.74) is 5.87. The molecule has 0 fully saturated rings. The fourth-order valence-corrected chi connectivity index (χ4v) is 2.53. The van der Waals surface area contributed by atoms with E-state index >= 15 is 0 Å². The molecule has 1 amide bonds. The Bertz CT molecular complexity index is 880. The van der Waals surface area contributed by atoms with Crippen LogP contribution >= 0.6 is 15.9 Å². The largest absolute Gasteiger partial charge is 0.379 e. The smallest absolute Gasteiger partial charge is 0.249 e. The van der Waals surface area contributed by atoms with Gasteiger partial charge in [0.1, 0.15) is 6.33 Å². The lowest BCUT2D eigenvalue weighted by Crippen LogP contribution is -2.24. The monoisotopic (exact) mass is 387 g/mol. The Morgan fingerprint density at radius 1 is 1.29 bits per heavy atom. The first-order valence-corrected chi connectivity index (χ1v) is 7.92. The minimum atomic E-state index is -0.291. The van der Waals surface area contributed by atoms with Crippen molar-refractivity contribution in [3.8, 4) is 22.6 Å². The first kappa shape index (κ1) is 16.1. The minimum Gasteiger partial charge on any atom is -0.379 e. The van der Waals surface area contributed by atoms with Crippen LogP contribution in [0.25, 0.3) is 16.8 Å². The molecule has 0 saturated carbocycles. The Morgan fingerprint density at radius 2 is 2.12 bits per heavy atom. The van der Waals surface area contributed by atoms with Gasteiger partial charge in [0.15, 0.2) is 5.75 Å². The van der Waals surface area contributed by atoms with Gasteiger partial charge in [-0.15, -0.1) is 5.10 Å². The average Bonchev–Trinajstić information content (AvgIpc) is 3.09. The van der Waals surface area contributed by atoms with Gasteiger partial charge in [-0.25, -0.2) is 0 Å². The summed E-state index contributed by atoms with van der Waals surface area (Å²) in [6.07, 6.45) is 1.51. The summed E-state index contributed by atoms with van der Waals surface area (Å²) >= 11 is 3.50.